The summed E-state index contributed by atoms with van der Waals surface area (Å²) in [7, 11) is 0. The normalized spacial score (nSPS) is 20.3. The first-order valence-electron chi connectivity index (χ1n) is 6.07. The number of aliphatic hydroxyl groups is 1. The first-order valence-corrected chi connectivity index (χ1v) is 6.82. The van der Waals surface area contributed by atoms with Gasteiger partial charge in [0.1, 0.15) is 0 Å². The van der Waals surface area contributed by atoms with Crippen molar-refractivity contribution in [3.8, 4) is 0 Å². The summed E-state index contributed by atoms with van der Waals surface area (Å²) in [5.74, 6) is -0.242. The quantitative estimate of drug-likeness (QED) is 0.896. The average Bonchev–Trinajstić information content (AvgIpc) is 2.89. The molecule has 2 rings (SSSR count). The third-order valence-corrected chi connectivity index (χ3v) is 3.76. The Morgan fingerprint density at radius 1 is 1.47 bits per heavy atom. The number of carbonyl (C=O) groups is 1. The van der Waals surface area contributed by atoms with Gasteiger partial charge < -0.3 is 15.2 Å². The van der Waals surface area contributed by atoms with E-state index in [-0.39, 0.29) is 18.4 Å². The summed E-state index contributed by atoms with van der Waals surface area (Å²) >= 11 is 12.0. The molecule has 1 saturated heterocycles. The Morgan fingerprint density at radius 2 is 2.16 bits per heavy atom. The molecule has 1 amide bonds. The van der Waals surface area contributed by atoms with Gasteiger partial charge in [-0.2, -0.15) is 0 Å². The number of benzene rings is 1. The highest BCUT2D eigenvalue weighted by Gasteiger charge is 2.24. The number of halogens is 2. The van der Waals surface area contributed by atoms with E-state index >= 15 is 0 Å². The van der Waals surface area contributed by atoms with E-state index in [1.54, 1.807) is 18.2 Å². The van der Waals surface area contributed by atoms with Crippen LogP contribution in [0.15, 0.2) is 18.2 Å². The smallest absolute Gasteiger partial charge is 0.225 e. The van der Waals surface area contributed by atoms with Crippen molar-refractivity contribution < 1.29 is 14.6 Å². The molecule has 2 N–H and O–H groups in total. The summed E-state index contributed by atoms with van der Waals surface area (Å²) in [5, 5.41) is 13.5. The molecule has 1 aromatic carbocycles. The van der Waals surface area contributed by atoms with Crippen LogP contribution in [0.1, 0.15) is 18.1 Å². The first-order chi connectivity index (χ1) is 9.09. The molecule has 1 aliphatic rings. The minimum absolute atomic E-state index is 0.0821. The van der Waals surface area contributed by atoms with Crippen LogP contribution in [-0.4, -0.2) is 30.8 Å². The van der Waals surface area contributed by atoms with E-state index in [4.69, 9.17) is 27.9 Å². The van der Waals surface area contributed by atoms with Crippen molar-refractivity contribution in [2.45, 2.75) is 12.5 Å². The molecule has 0 spiro atoms. The molecule has 2 atom stereocenters. The summed E-state index contributed by atoms with van der Waals surface area (Å²) in [6.45, 7) is 1.13. The lowest BCUT2D eigenvalue weighted by molar-refractivity contribution is -0.125. The van der Waals surface area contributed by atoms with E-state index in [1.807, 2.05) is 0 Å². The second-order valence-corrected chi connectivity index (χ2v) is 5.27. The molecule has 1 heterocycles. The van der Waals surface area contributed by atoms with Gasteiger partial charge in [-0.05, 0) is 18.6 Å². The van der Waals surface area contributed by atoms with Crippen molar-refractivity contribution >= 4 is 29.1 Å². The topological polar surface area (TPSA) is 58.6 Å². The SMILES string of the molecule is O=C(NC[C@H](O)c1c(Cl)cccc1Cl)[C@@H]1CCOC1. The molecule has 0 bridgehead atoms. The molecule has 0 unspecified atom stereocenters. The van der Waals surface area contributed by atoms with E-state index in [0.29, 0.717) is 28.8 Å². The Hall–Kier alpha value is -0.810. The molecule has 19 heavy (non-hydrogen) atoms. The highest BCUT2D eigenvalue weighted by molar-refractivity contribution is 6.36. The van der Waals surface area contributed by atoms with Crippen LogP contribution in [0.3, 0.4) is 0 Å². The zero-order chi connectivity index (χ0) is 13.8. The predicted molar refractivity (Wildman–Crippen MR) is 73.4 cm³/mol. The molecule has 6 heteroatoms. The Kier molecular flexibility index (Phi) is 5.05. The molecule has 0 aliphatic carbocycles. The minimum atomic E-state index is -0.924. The van der Waals surface area contributed by atoms with Crippen LogP contribution in [0.25, 0.3) is 0 Å². The first kappa shape index (κ1) is 14.6. The summed E-state index contributed by atoms with van der Waals surface area (Å²) in [4.78, 5) is 11.8. The second-order valence-electron chi connectivity index (χ2n) is 4.46. The van der Waals surface area contributed by atoms with Crippen molar-refractivity contribution in [3.05, 3.63) is 33.8 Å². The fourth-order valence-electron chi connectivity index (χ4n) is 2.01. The van der Waals surface area contributed by atoms with Gasteiger partial charge >= 0.3 is 0 Å². The van der Waals surface area contributed by atoms with Crippen LogP contribution in [0, 0.1) is 5.92 Å². The summed E-state index contributed by atoms with van der Waals surface area (Å²) in [6, 6.07) is 5.01. The number of hydrogen-bond donors (Lipinski definition) is 2. The van der Waals surface area contributed by atoms with Crippen LogP contribution in [0.5, 0.6) is 0 Å². The number of amides is 1. The van der Waals surface area contributed by atoms with Gasteiger partial charge in [0.25, 0.3) is 0 Å². The maximum Gasteiger partial charge on any atom is 0.225 e. The molecule has 1 fully saturated rings. The Bertz CT molecular complexity index is 441. The van der Waals surface area contributed by atoms with Crippen molar-refractivity contribution in [2.24, 2.45) is 5.92 Å². The zero-order valence-electron chi connectivity index (χ0n) is 10.2. The van der Waals surface area contributed by atoms with Crippen molar-refractivity contribution in [3.63, 3.8) is 0 Å². The molecule has 0 saturated carbocycles. The van der Waals surface area contributed by atoms with Gasteiger partial charge in [-0.3, -0.25) is 4.79 Å². The Balaban J connectivity index is 1.93. The van der Waals surface area contributed by atoms with Crippen LogP contribution in [0.4, 0.5) is 0 Å². The molecule has 1 aliphatic heterocycles. The van der Waals surface area contributed by atoms with Crippen molar-refractivity contribution in [1.29, 1.82) is 0 Å². The van der Waals surface area contributed by atoms with Gasteiger partial charge in [0.05, 0.1) is 18.6 Å². The van der Waals surface area contributed by atoms with Crippen molar-refractivity contribution in [1.82, 2.24) is 5.32 Å². The van der Waals surface area contributed by atoms with E-state index in [9.17, 15) is 9.90 Å². The van der Waals surface area contributed by atoms with Gasteiger partial charge in [0.2, 0.25) is 5.91 Å². The van der Waals surface area contributed by atoms with Gasteiger partial charge in [0, 0.05) is 28.8 Å². The fourth-order valence-corrected chi connectivity index (χ4v) is 2.66. The number of rotatable bonds is 4. The fraction of sp³-hybridized carbons (Fsp3) is 0.462. The maximum atomic E-state index is 11.8. The predicted octanol–water partition coefficient (Wildman–Crippen LogP) is 2.18. The highest BCUT2D eigenvalue weighted by Crippen LogP contribution is 2.29. The third-order valence-electron chi connectivity index (χ3n) is 3.10. The van der Waals surface area contributed by atoms with E-state index in [0.717, 1.165) is 6.42 Å². The molecular formula is C13H15Cl2NO3. The van der Waals surface area contributed by atoms with Gasteiger partial charge in [-0.25, -0.2) is 0 Å². The van der Waals surface area contributed by atoms with E-state index in [2.05, 4.69) is 5.32 Å². The lowest BCUT2D eigenvalue weighted by Gasteiger charge is -2.16. The number of carbonyl (C=O) groups excluding carboxylic acids is 1. The number of hydrogen-bond acceptors (Lipinski definition) is 3. The van der Waals surface area contributed by atoms with Gasteiger partial charge in [-0.15, -0.1) is 0 Å². The standard InChI is InChI=1S/C13H15Cl2NO3/c14-9-2-1-3-10(15)12(9)11(17)6-16-13(18)8-4-5-19-7-8/h1-3,8,11,17H,4-7H2,(H,16,18)/t8-,11+/m1/s1. The minimum Gasteiger partial charge on any atom is -0.386 e. The maximum absolute atomic E-state index is 11.8. The van der Waals surface area contributed by atoms with Crippen LogP contribution >= 0.6 is 23.2 Å². The average molecular weight is 304 g/mol. The molecule has 4 nitrogen and oxygen atoms in total. The Morgan fingerprint density at radius 3 is 2.74 bits per heavy atom. The summed E-state index contributed by atoms with van der Waals surface area (Å²) < 4.78 is 5.14. The molecule has 104 valence electrons. The van der Waals surface area contributed by atoms with Crippen LogP contribution in [-0.2, 0) is 9.53 Å². The van der Waals surface area contributed by atoms with Crippen molar-refractivity contribution in [2.75, 3.05) is 19.8 Å². The van der Waals surface area contributed by atoms with Gasteiger partial charge in [0.15, 0.2) is 0 Å². The zero-order valence-corrected chi connectivity index (χ0v) is 11.7. The highest BCUT2D eigenvalue weighted by atomic mass is 35.5. The lowest BCUT2D eigenvalue weighted by atomic mass is 10.1. The number of ether oxygens (including phenoxy) is 1. The van der Waals surface area contributed by atoms with Crippen LogP contribution in [0.2, 0.25) is 10.0 Å². The molecule has 1 aromatic rings. The third kappa shape index (κ3) is 3.60. The second kappa shape index (κ2) is 6.57. The Labute approximate surface area is 121 Å². The lowest BCUT2D eigenvalue weighted by Crippen LogP contribution is -2.34. The van der Waals surface area contributed by atoms with E-state index < -0.39 is 6.10 Å². The van der Waals surface area contributed by atoms with Crippen LogP contribution < -0.4 is 5.32 Å². The number of aliphatic hydroxyl groups excluding tert-OH is 1. The largest absolute Gasteiger partial charge is 0.386 e. The summed E-state index contributed by atoms with van der Waals surface area (Å²) in [5.41, 5.74) is 0.439. The molecule has 0 radical (unpaired) electrons. The molecule has 0 aromatic heterocycles. The molecular weight excluding hydrogens is 289 g/mol. The monoisotopic (exact) mass is 303 g/mol. The summed E-state index contributed by atoms with van der Waals surface area (Å²) in [6.07, 6.45) is -0.207. The van der Waals surface area contributed by atoms with E-state index in [1.165, 1.54) is 0 Å². The van der Waals surface area contributed by atoms with Gasteiger partial charge in [-0.1, -0.05) is 29.3 Å². The number of nitrogens with one attached hydrogen (secondary N) is 1.